The van der Waals surface area contributed by atoms with Crippen LogP contribution in [0.5, 0.6) is 5.75 Å². The molecule has 0 amide bonds. The summed E-state index contributed by atoms with van der Waals surface area (Å²) in [5.41, 5.74) is 2.11. The highest BCUT2D eigenvalue weighted by atomic mass is 32.2. The first-order chi connectivity index (χ1) is 13.0. The Morgan fingerprint density at radius 1 is 0.926 bits per heavy atom. The number of nitrogens with zero attached hydrogens (tertiary/aromatic N) is 1. The van der Waals surface area contributed by atoms with Gasteiger partial charge in [0.1, 0.15) is 5.75 Å². The molecule has 0 aromatic heterocycles. The van der Waals surface area contributed by atoms with Gasteiger partial charge >= 0.3 is 0 Å². The van der Waals surface area contributed by atoms with Crippen LogP contribution in [0.2, 0.25) is 0 Å². The van der Waals surface area contributed by atoms with Gasteiger partial charge in [-0.25, -0.2) is 8.42 Å². The van der Waals surface area contributed by atoms with Gasteiger partial charge in [-0.15, -0.1) is 0 Å². The van der Waals surface area contributed by atoms with Crippen molar-refractivity contribution < 1.29 is 13.2 Å². The highest BCUT2D eigenvalue weighted by Gasteiger charge is 2.23. The third-order valence-corrected chi connectivity index (χ3v) is 6.19. The van der Waals surface area contributed by atoms with Gasteiger partial charge in [0, 0.05) is 26.2 Å². The molecule has 0 atom stereocenters. The summed E-state index contributed by atoms with van der Waals surface area (Å²) in [4.78, 5) is 0.369. The van der Waals surface area contributed by atoms with Crippen LogP contribution in [0.25, 0.3) is 0 Å². The lowest BCUT2D eigenvalue weighted by molar-refractivity contribution is 0.410. The molecule has 2 aromatic rings. The number of methoxy groups -OCH3 is 1. The van der Waals surface area contributed by atoms with Crippen LogP contribution in [0.4, 0.5) is 0 Å². The normalized spacial score (nSPS) is 11.7. The van der Waals surface area contributed by atoms with E-state index in [1.807, 2.05) is 50.2 Å². The molecule has 0 saturated heterocycles. The van der Waals surface area contributed by atoms with Gasteiger partial charge in [0.05, 0.1) is 12.0 Å². The summed E-state index contributed by atoms with van der Waals surface area (Å²) in [6, 6.07) is 15.1. The molecule has 27 heavy (non-hydrogen) atoms. The first-order valence-electron chi connectivity index (χ1n) is 9.44. The Bertz CT molecular complexity index is 798. The van der Waals surface area contributed by atoms with Gasteiger partial charge in [0.2, 0.25) is 10.0 Å². The molecule has 148 valence electrons. The predicted molar refractivity (Wildman–Crippen MR) is 109 cm³/mol. The summed E-state index contributed by atoms with van der Waals surface area (Å²) in [5, 5.41) is 3.36. The van der Waals surface area contributed by atoms with Gasteiger partial charge in [-0.05, 0) is 48.2 Å². The van der Waals surface area contributed by atoms with Crippen LogP contribution in [0.1, 0.15) is 37.8 Å². The van der Waals surface area contributed by atoms with E-state index in [1.54, 1.807) is 23.5 Å². The van der Waals surface area contributed by atoms with Crippen molar-refractivity contribution in [2.24, 2.45) is 0 Å². The summed E-state index contributed by atoms with van der Waals surface area (Å²) >= 11 is 0. The minimum atomic E-state index is -3.44. The van der Waals surface area contributed by atoms with E-state index in [2.05, 4.69) is 5.32 Å². The van der Waals surface area contributed by atoms with Crippen LogP contribution in [0, 0.1) is 0 Å². The van der Waals surface area contributed by atoms with E-state index in [9.17, 15) is 8.42 Å². The van der Waals surface area contributed by atoms with Crippen molar-refractivity contribution in [1.29, 1.82) is 0 Å². The zero-order valence-electron chi connectivity index (χ0n) is 16.4. The molecule has 6 heteroatoms. The van der Waals surface area contributed by atoms with E-state index < -0.39 is 10.0 Å². The van der Waals surface area contributed by atoms with Crippen molar-refractivity contribution in [3.63, 3.8) is 0 Å². The number of benzene rings is 2. The van der Waals surface area contributed by atoms with Crippen molar-refractivity contribution in [2.75, 3.05) is 20.2 Å². The van der Waals surface area contributed by atoms with Crippen LogP contribution in [0.15, 0.2) is 53.4 Å². The molecule has 0 radical (unpaired) electrons. The quantitative estimate of drug-likeness (QED) is 0.634. The zero-order chi connectivity index (χ0) is 19.7. The summed E-state index contributed by atoms with van der Waals surface area (Å²) in [5.74, 6) is 0.834. The van der Waals surface area contributed by atoms with Gasteiger partial charge in [-0.1, -0.05) is 38.1 Å². The average molecular weight is 391 g/mol. The maximum Gasteiger partial charge on any atom is 0.243 e. The van der Waals surface area contributed by atoms with Crippen LogP contribution in [-0.2, 0) is 23.1 Å². The molecule has 1 N–H and O–H groups in total. The van der Waals surface area contributed by atoms with Crippen LogP contribution < -0.4 is 10.1 Å². The number of ether oxygens (including phenoxy) is 1. The molecular formula is C21H30N2O3S. The van der Waals surface area contributed by atoms with Crippen molar-refractivity contribution in [3.8, 4) is 5.75 Å². The van der Waals surface area contributed by atoms with E-state index in [-0.39, 0.29) is 0 Å². The number of nitrogens with one attached hydrogen (secondary N) is 1. The van der Waals surface area contributed by atoms with Crippen molar-refractivity contribution in [3.05, 3.63) is 59.7 Å². The van der Waals surface area contributed by atoms with Crippen LogP contribution >= 0.6 is 0 Å². The summed E-state index contributed by atoms with van der Waals surface area (Å²) in [6.45, 7) is 6.41. The molecule has 0 unspecified atom stereocenters. The smallest absolute Gasteiger partial charge is 0.243 e. The average Bonchev–Trinajstić information content (AvgIpc) is 2.68. The van der Waals surface area contributed by atoms with E-state index >= 15 is 0 Å². The summed E-state index contributed by atoms with van der Waals surface area (Å²) < 4.78 is 32.6. The number of sulfonamides is 1. The molecule has 2 aromatic carbocycles. The number of hydrogen-bond acceptors (Lipinski definition) is 4. The van der Waals surface area contributed by atoms with Crippen molar-refractivity contribution in [1.82, 2.24) is 9.62 Å². The molecule has 0 bridgehead atoms. The second-order valence-electron chi connectivity index (χ2n) is 6.50. The lowest BCUT2D eigenvalue weighted by Gasteiger charge is -2.21. The fourth-order valence-electron chi connectivity index (χ4n) is 2.91. The van der Waals surface area contributed by atoms with E-state index in [0.717, 1.165) is 29.7 Å². The Labute approximate surface area is 163 Å². The fraction of sp³-hybridized carbons (Fsp3) is 0.429. The minimum Gasteiger partial charge on any atom is -0.497 e. The Balaban J connectivity index is 2.03. The monoisotopic (exact) mass is 390 g/mol. The molecule has 5 nitrogen and oxygen atoms in total. The maximum absolute atomic E-state index is 12.9. The molecule has 0 heterocycles. The molecular weight excluding hydrogens is 360 g/mol. The van der Waals surface area contributed by atoms with Gasteiger partial charge in [-0.2, -0.15) is 4.31 Å². The summed E-state index contributed by atoms with van der Waals surface area (Å²) in [6.07, 6.45) is 1.62. The zero-order valence-corrected chi connectivity index (χ0v) is 17.3. The maximum atomic E-state index is 12.9. The minimum absolute atomic E-state index is 0.369. The van der Waals surface area contributed by atoms with Crippen molar-refractivity contribution in [2.45, 2.75) is 44.7 Å². The lowest BCUT2D eigenvalue weighted by Crippen LogP contribution is -2.32. The predicted octanol–water partition coefficient (Wildman–Crippen LogP) is 3.80. The first kappa shape index (κ1) is 21.4. The highest BCUT2D eigenvalue weighted by Crippen LogP contribution is 2.18. The largest absolute Gasteiger partial charge is 0.497 e. The SMILES string of the molecule is CCCN(CCC)S(=O)(=O)c1cccc(CNCc2ccc(OC)cc2)c1. The first-order valence-corrected chi connectivity index (χ1v) is 10.9. The van der Waals surface area contributed by atoms with Gasteiger partial charge in [0.25, 0.3) is 0 Å². The molecule has 2 rings (SSSR count). The van der Waals surface area contributed by atoms with Gasteiger partial charge in [0.15, 0.2) is 0 Å². The van der Waals surface area contributed by atoms with Gasteiger partial charge < -0.3 is 10.1 Å². The van der Waals surface area contributed by atoms with Crippen LogP contribution in [0.3, 0.4) is 0 Å². The summed E-state index contributed by atoms with van der Waals surface area (Å²) in [7, 11) is -1.79. The molecule has 0 aliphatic rings. The Morgan fingerprint density at radius 3 is 2.15 bits per heavy atom. The Kier molecular flexibility index (Phi) is 8.28. The highest BCUT2D eigenvalue weighted by molar-refractivity contribution is 7.89. The number of rotatable bonds is 11. The molecule has 0 spiro atoms. The van der Waals surface area contributed by atoms with E-state index in [4.69, 9.17) is 4.74 Å². The van der Waals surface area contributed by atoms with Crippen LogP contribution in [-0.4, -0.2) is 32.9 Å². The second-order valence-corrected chi connectivity index (χ2v) is 8.44. The molecule has 0 aliphatic heterocycles. The number of hydrogen-bond donors (Lipinski definition) is 1. The third kappa shape index (κ3) is 6.06. The third-order valence-electron chi connectivity index (χ3n) is 4.30. The van der Waals surface area contributed by atoms with E-state index in [1.165, 1.54) is 0 Å². The molecule has 0 saturated carbocycles. The van der Waals surface area contributed by atoms with Gasteiger partial charge in [-0.3, -0.25) is 0 Å². The Morgan fingerprint density at radius 2 is 1.56 bits per heavy atom. The van der Waals surface area contributed by atoms with Crippen molar-refractivity contribution >= 4 is 10.0 Å². The second kappa shape index (κ2) is 10.4. The molecule has 0 fully saturated rings. The topological polar surface area (TPSA) is 58.6 Å². The standard InChI is InChI=1S/C21H30N2O3S/c1-4-13-23(14-5-2)27(24,25)21-8-6-7-19(15-21)17-22-16-18-9-11-20(26-3)12-10-18/h6-12,15,22H,4-5,13-14,16-17H2,1-3H3. The lowest BCUT2D eigenvalue weighted by atomic mass is 10.2. The van der Waals surface area contributed by atoms with E-state index in [0.29, 0.717) is 31.1 Å². The fourth-order valence-corrected chi connectivity index (χ4v) is 4.61. The Hall–Kier alpha value is -1.89. The molecule has 0 aliphatic carbocycles.